The van der Waals surface area contributed by atoms with Gasteiger partial charge in [-0.1, -0.05) is 26.2 Å². The molecule has 3 atom stereocenters. The molecule has 0 aromatic rings. The van der Waals surface area contributed by atoms with Crippen molar-refractivity contribution >= 4 is 29.7 Å². The quantitative estimate of drug-likeness (QED) is 0.356. The number of rotatable bonds is 13. The highest BCUT2D eigenvalue weighted by molar-refractivity contribution is 8.00. The summed E-state index contributed by atoms with van der Waals surface area (Å²) in [7, 11) is 0. The Morgan fingerprint density at radius 2 is 1.74 bits per heavy atom. The fraction of sp³-hybridized carbons (Fsp3) is 0.842. The summed E-state index contributed by atoms with van der Waals surface area (Å²) in [5.74, 6) is -1.65. The standard InChI is InChI=1S/C19H35NO6S/c1-7-9-10-11-15(18(24)26-19(4,5)6)27-12-14(17(23)25-8-2)20-13(3)16(21)22/h13-15,20H,7-12H2,1-6H3,(H,21,22)/t13?,14-,15-/m0/s1. The Balaban J connectivity index is 5.05. The van der Waals surface area contributed by atoms with Crippen LogP contribution in [0.1, 0.15) is 67.2 Å². The lowest BCUT2D eigenvalue weighted by Gasteiger charge is -2.25. The summed E-state index contributed by atoms with van der Waals surface area (Å²) in [6, 6.07) is -1.71. The normalized spacial score (nSPS) is 14.9. The number of carbonyl (C=O) groups is 3. The zero-order valence-corrected chi connectivity index (χ0v) is 18.2. The van der Waals surface area contributed by atoms with Crippen LogP contribution in [0, 0.1) is 0 Å². The van der Waals surface area contributed by atoms with Gasteiger partial charge in [0, 0.05) is 5.75 Å². The Bertz CT molecular complexity index is 477. The van der Waals surface area contributed by atoms with Crippen LogP contribution in [0.4, 0.5) is 0 Å². The third-order valence-corrected chi connectivity index (χ3v) is 4.95. The summed E-state index contributed by atoms with van der Waals surface area (Å²) in [5.41, 5.74) is -0.586. The van der Waals surface area contributed by atoms with Crippen LogP contribution in [-0.2, 0) is 23.9 Å². The van der Waals surface area contributed by atoms with E-state index < -0.39 is 34.9 Å². The summed E-state index contributed by atoms with van der Waals surface area (Å²) >= 11 is 1.31. The first kappa shape index (κ1) is 25.7. The van der Waals surface area contributed by atoms with Gasteiger partial charge in [0.05, 0.1) is 6.61 Å². The van der Waals surface area contributed by atoms with Crippen LogP contribution in [0.3, 0.4) is 0 Å². The second-order valence-corrected chi connectivity index (χ2v) is 8.62. The molecule has 0 aliphatic carbocycles. The van der Waals surface area contributed by atoms with E-state index in [1.54, 1.807) is 6.92 Å². The molecule has 0 saturated heterocycles. The Hall–Kier alpha value is -1.28. The Kier molecular flexibility index (Phi) is 12.4. The van der Waals surface area contributed by atoms with Crippen molar-refractivity contribution in [2.45, 2.75) is 90.2 Å². The van der Waals surface area contributed by atoms with E-state index in [0.29, 0.717) is 6.42 Å². The zero-order valence-electron chi connectivity index (χ0n) is 17.4. The minimum absolute atomic E-state index is 0.203. The number of aliphatic carboxylic acids is 1. The highest BCUT2D eigenvalue weighted by Crippen LogP contribution is 2.23. The molecule has 0 aliphatic rings. The maximum atomic E-state index is 12.5. The van der Waals surface area contributed by atoms with Gasteiger partial charge in [0.1, 0.15) is 22.9 Å². The number of carbonyl (C=O) groups excluding carboxylic acids is 2. The lowest BCUT2D eigenvalue weighted by Crippen LogP contribution is -2.48. The van der Waals surface area contributed by atoms with Crippen molar-refractivity contribution < 1.29 is 29.0 Å². The van der Waals surface area contributed by atoms with Gasteiger partial charge in [-0.25, -0.2) is 0 Å². The molecule has 0 amide bonds. The molecule has 8 heteroatoms. The van der Waals surface area contributed by atoms with Crippen molar-refractivity contribution in [3.05, 3.63) is 0 Å². The lowest BCUT2D eigenvalue weighted by molar-refractivity contribution is -0.154. The van der Waals surface area contributed by atoms with Crippen molar-refractivity contribution in [3.8, 4) is 0 Å². The van der Waals surface area contributed by atoms with Crippen LogP contribution < -0.4 is 5.32 Å². The van der Waals surface area contributed by atoms with Gasteiger partial charge in [0.2, 0.25) is 0 Å². The predicted molar refractivity (Wildman–Crippen MR) is 107 cm³/mol. The molecule has 0 aliphatic heterocycles. The van der Waals surface area contributed by atoms with Gasteiger partial charge in [-0.15, -0.1) is 11.8 Å². The van der Waals surface area contributed by atoms with Gasteiger partial charge >= 0.3 is 17.9 Å². The molecule has 2 N–H and O–H groups in total. The second-order valence-electron chi connectivity index (χ2n) is 7.38. The van der Waals surface area contributed by atoms with Gasteiger partial charge in [0.25, 0.3) is 0 Å². The Morgan fingerprint density at radius 3 is 2.22 bits per heavy atom. The molecule has 0 rings (SSSR count). The van der Waals surface area contributed by atoms with E-state index >= 15 is 0 Å². The lowest BCUT2D eigenvalue weighted by atomic mass is 10.1. The molecule has 27 heavy (non-hydrogen) atoms. The molecule has 0 bridgehead atoms. The summed E-state index contributed by atoms with van der Waals surface area (Å²) in [6.45, 7) is 10.9. The summed E-state index contributed by atoms with van der Waals surface area (Å²) in [4.78, 5) is 35.8. The van der Waals surface area contributed by atoms with Crippen LogP contribution in [-0.4, -0.2) is 58.3 Å². The van der Waals surface area contributed by atoms with Gasteiger partial charge in [-0.05, 0) is 41.0 Å². The smallest absolute Gasteiger partial charge is 0.324 e. The van der Waals surface area contributed by atoms with E-state index in [1.165, 1.54) is 18.7 Å². The second kappa shape index (κ2) is 13.0. The third kappa shape index (κ3) is 11.9. The fourth-order valence-electron chi connectivity index (χ4n) is 2.23. The highest BCUT2D eigenvalue weighted by Gasteiger charge is 2.30. The van der Waals surface area contributed by atoms with Crippen LogP contribution in [0.25, 0.3) is 0 Å². The first-order chi connectivity index (χ1) is 12.5. The number of carboxylic acid groups (broad SMARTS) is 1. The molecule has 0 heterocycles. The number of unbranched alkanes of at least 4 members (excludes halogenated alkanes) is 2. The van der Waals surface area contributed by atoms with Crippen LogP contribution in [0.15, 0.2) is 0 Å². The first-order valence-corrected chi connectivity index (χ1v) is 10.6. The van der Waals surface area contributed by atoms with E-state index in [0.717, 1.165) is 19.3 Å². The van der Waals surface area contributed by atoms with E-state index in [9.17, 15) is 14.4 Å². The number of nitrogens with one attached hydrogen (secondary N) is 1. The van der Waals surface area contributed by atoms with Crippen LogP contribution in [0.5, 0.6) is 0 Å². The third-order valence-electron chi connectivity index (χ3n) is 3.60. The average Bonchev–Trinajstić information content (AvgIpc) is 2.54. The average molecular weight is 406 g/mol. The number of ether oxygens (including phenoxy) is 2. The number of hydrogen-bond acceptors (Lipinski definition) is 7. The van der Waals surface area contributed by atoms with E-state index in [-0.39, 0.29) is 18.3 Å². The largest absolute Gasteiger partial charge is 0.480 e. The fourth-order valence-corrected chi connectivity index (χ4v) is 3.40. The predicted octanol–water partition coefficient (Wildman–Crippen LogP) is 3.00. The maximum absolute atomic E-state index is 12.5. The Labute approximate surface area is 166 Å². The number of carboxylic acids is 1. The first-order valence-electron chi connectivity index (χ1n) is 9.51. The monoisotopic (exact) mass is 405 g/mol. The molecule has 1 unspecified atom stereocenters. The SMILES string of the molecule is CCCCC[C@H](SC[C@H](NC(C)C(=O)O)C(=O)OCC)C(=O)OC(C)(C)C. The highest BCUT2D eigenvalue weighted by atomic mass is 32.2. The molecule has 0 fully saturated rings. The minimum Gasteiger partial charge on any atom is -0.480 e. The van der Waals surface area contributed by atoms with Crippen molar-refractivity contribution in [2.75, 3.05) is 12.4 Å². The van der Waals surface area contributed by atoms with Gasteiger partial charge in [0.15, 0.2) is 0 Å². The molecule has 0 spiro atoms. The van der Waals surface area contributed by atoms with Gasteiger partial charge in [-0.3, -0.25) is 19.7 Å². The molecule has 0 aromatic carbocycles. The van der Waals surface area contributed by atoms with Crippen molar-refractivity contribution in [2.24, 2.45) is 0 Å². The van der Waals surface area contributed by atoms with Gasteiger partial charge in [-0.2, -0.15) is 0 Å². The number of hydrogen-bond donors (Lipinski definition) is 2. The molecule has 158 valence electrons. The van der Waals surface area contributed by atoms with Crippen molar-refractivity contribution in [3.63, 3.8) is 0 Å². The molecular formula is C19H35NO6S. The topological polar surface area (TPSA) is 102 Å². The maximum Gasteiger partial charge on any atom is 0.324 e. The molecule has 0 aromatic heterocycles. The van der Waals surface area contributed by atoms with E-state index in [2.05, 4.69) is 12.2 Å². The van der Waals surface area contributed by atoms with Crippen molar-refractivity contribution in [1.82, 2.24) is 5.32 Å². The molecule has 7 nitrogen and oxygen atoms in total. The number of thioether (sulfide) groups is 1. The van der Waals surface area contributed by atoms with Gasteiger partial charge < -0.3 is 14.6 Å². The molecular weight excluding hydrogens is 370 g/mol. The van der Waals surface area contributed by atoms with E-state index in [1.807, 2.05) is 20.8 Å². The summed E-state index contributed by atoms with van der Waals surface area (Å²) in [5, 5.41) is 11.4. The zero-order chi connectivity index (χ0) is 21.0. The van der Waals surface area contributed by atoms with Crippen LogP contribution >= 0.6 is 11.8 Å². The van der Waals surface area contributed by atoms with Crippen LogP contribution in [0.2, 0.25) is 0 Å². The summed E-state index contributed by atoms with van der Waals surface area (Å²) < 4.78 is 10.5. The molecule has 0 saturated carbocycles. The van der Waals surface area contributed by atoms with E-state index in [4.69, 9.17) is 14.6 Å². The molecule has 0 radical (unpaired) electrons. The Morgan fingerprint density at radius 1 is 1.11 bits per heavy atom. The van der Waals surface area contributed by atoms with Crippen molar-refractivity contribution in [1.29, 1.82) is 0 Å². The minimum atomic E-state index is -1.05. The summed E-state index contributed by atoms with van der Waals surface area (Å²) in [6.07, 6.45) is 3.58. The number of esters is 2.